The van der Waals surface area contributed by atoms with Crippen LogP contribution in [0.2, 0.25) is 0 Å². The van der Waals surface area contributed by atoms with Crippen molar-refractivity contribution in [2.24, 2.45) is 11.5 Å². The van der Waals surface area contributed by atoms with E-state index in [1.54, 1.807) is 66.8 Å². The number of aliphatic carboxylic acids is 1. The number of carboxylic acids is 1. The Balaban J connectivity index is 0.000000130. The summed E-state index contributed by atoms with van der Waals surface area (Å²) in [7, 11) is 2.19. The summed E-state index contributed by atoms with van der Waals surface area (Å²) in [5.41, 5.74) is 31.1. The number of fused-ring (bicyclic) bond motifs is 2. The molecule has 0 amide bonds. The van der Waals surface area contributed by atoms with Gasteiger partial charge in [0, 0.05) is 165 Å². The molecule has 14 aromatic rings. The number of nitrogens with one attached hydrogen (secondary N) is 7. The highest BCUT2D eigenvalue weighted by Crippen LogP contribution is 2.33. The third kappa shape index (κ3) is 32.7. The molecule has 6 aliphatic heterocycles. The fourth-order valence-corrected chi connectivity index (χ4v) is 18.3. The van der Waals surface area contributed by atoms with Crippen molar-refractivity contribution in [1.29, 1.82) is 0 Å². The first kappa shape index (κ1) is 104. The van der Waals surface area contributed by atoms with Crippen molar-refractivity contribution in [3.8, 4) is 56.0 Å². The number of aliphatic hydroxyl groups is 3. The first-order valence-corrected chi connectivity index (χ1v) is 50.9. The van der Waals surface area contributed by atoms with Crippen LogP contribution in [-0.2, 0) is 105 Å². The van der Waals surface area contributed by atoms with Gasteiger partial charge in [-0.05, 0) is 286 Å². The Labute approximate surface area is 834 Å². The van der Waals surface area contributed by atoms with Crippen LogP contribution in [0.4, 0.5) is 0 Å². The molecule has 142 heavy (non-hydrogen) atoms. The van der Waals surface area contributed by atoms with Gasteiger partial charge in [0.25, 0.3) is 0 Å². The number of pyridine rings is 7. The third-order valence-corrected chi connectivity index (χ3v) is 27.3. The number of H-pyrrole nitrogens is 2. The van der Waals surface area contributed by atoms with E-state index < -0.39 is 5.97 Å². The molecule has 20 rings (SSSR count). The van der Waals surface area contributed by atoms with E-state index >= 15 is 0 Å². The number of para-hydroxylation sites is 2. The predicted octanol–water partition coefficient (Wildman–Crippen LogP) is 13.8. The lowest BCUT2D eigenvalue weighted by molar-refractivity contribution is -0.136. The Morgan fingerprint density at radius 1 is 0.437 bits per heavy atom. The zero-order chi connectivity index (χ0) is 98.1. The van der Waals surface area contributed by atoms with Gasteiger partial charge in [-0.15, -0.1) is 11.3 Å². The predicted molar refractivity (Wildman–Crippen MR) is 549 cm³/mol. The molecule has 0 bridgehead atoms. The Morgan fingerprint density at radius 3 is 1.43 bits per heavy atom. The minimum absolute atomic E-state index is 0.00484. The van der Waals surface area contributed by atoms with Crippen LogP contribution in [0.3, 0.4) is 0 Å². The maximum Gasteiger partial charge on any atom is 0.303 e. The molecule has 0 aliphatic carbocycles. The van der Waals surface area contributed by atoms with E-state index in [9.17, 15) is 4.79 Å². The molecule has 0 saturated carbocycles. The second-order valence-corrected chi connectivity index (χ2v) is 38.0. The van der Waals surface area contributed by atoms with E-state index in [0.717, 1.165) is 174 Å². The third-order valence-electron chi connectivity index (χ3n) is 26.1. The number of nitrogens with zero attached hydrogens (tertiary/aromatic N) is 10. The lowest BCUT2D eigenvalue weighted by Crippen LogP contribution is -2.46. The first-order valence-electron chi connectivity index (χ1n) is 50.0. The van der Waals surface area contributed by atoms with Gasteiger partial charge in [-0.3, -0.25) is 39.7 Å². The SMILES string of the molecule is CN1CCC[C@H]1COCc1cncc(CCCc2cccc3c(CCN)c[nH]c23)c1.NCCc1c[nH]c2c(CCCc3cncc(COC[C@@H]4CCCN4)c3)cccc12.O=C(O)CCc1ccc(-c2cncc(OC[C@@H]3CCN3)c2)s1.OCc1cc(-c2cncc(OC[C@@H]3CCN3)c2)no1.OCc1cc(-c2cncc(OC[C@@H]3CCN3)c2)on1.OCc1ccc(CCCc2cncc(OC[C@@H]3CCN3)c2)cn1. The van der Waals surface area contributed by atoms with Gasteiger partial charge < -0.3 is 111 Å². The molecule has 32 nitrogen and oxygen atoms in total. The fraction of sp³-hybridized carbons (Fsp3) is 0.431. The van der Waals surface area contributed by atoms with Crippen LogP contribution in [0.25, 0.3) is 54.8 Å². The van der Waals surface area contributed by atoms with Crippen LogP contribution in [0.1, 0.15) is 155 Å². The number of thiophene rings is 1. The molecular weight excluding hydrogens is 1820 g/mol. The Bertz CT molecular complexity index is 6010. The number of likely N-dealkylation sites (N-methyl/N-ethyl adjacent to an activating group) is 1. The number of benzene rings is 2. The van der Waals surface area contributed by atoms with Crippen LogP contribution >= 0.6 is 11.3 Å². The lowest BCUT2D eigenvalue weighted by Gasteiger charge is -2.27. The maximum atomic E-state index is 10.6. The van der Waals surface area contributed by atoms with Crippen LogP contribution in [0.5, 0.6) is 23.0 Å². The number of aromatic amines is 2. The van der Waals surface area contributed by atoms with Gasteiger partial charge in [0.1, 0.15) is 67.4 Å². The van der Waals surface area contributed by atoms with Gasteiger partial charge in [-0.1, -0.05) is 64.9 Å². The number of aryl methyl sites for hydroxylation is 7. The van der Waals surface area contributed by atoms with E-state index in [0.29, 0.717) is 136 Å². The molecule has 15 N–H and O–H groups in total. The van der Waals surface area contributed by atoms with Crippen LogP contribution < -0.4 is 57.0 Å². The second-order valence-electron chi connectivity index (χ2n) is 36.9. The molecule has 752 valence electrons. The standard InChI is InChI=1S/C25H34N4O.C24H32N4O.C18H23N3O2.C16H18N2O3S.2C13H15N3O3/c1-29-12-4-8-23(29)18-30-17-20-13-19(14-27-15-20)5-2-6-21-7-3-9-24-22(10-11-26)16-28-25(21)24;25-10-9-21-15-28-24-20(6-2-8-23(21)24)5-1-4-18-12-19(14-26-13-18)16-29-17-22-7-3-11-27-22;22-12-16-5-4-14(10-21-16)2-1-3-15-8-18(11-19-9-15)23-13-17-6-7-20-17;19-16(20)4-2-14-1-3-15(22-14)11-7-13(9-17-8-11)21-10-12-5-6-18-12;17-7-11-4-13(19-16-11)9-3-12(6-14-5-9)18-8-10-1-2-15-10;17-7-12-4-13(16-19-12)9-3-11(6-14-5-9)18-8-10-1-2-15-10/h3,7,9,13-16,23,28H,2,4-6,8,10-12,17-18,26H2,1H3;2,6,8,12-15,22,27-28H,1,3-5,7,9-11,16-17,25H2;4-5,8-11,17,20,22H,1-3,6-7,12-13H2;1,3,7-9,12,18H,2,4-6,10H2,(H,19,20);2*3-6,10,15,17H,1-2,7-8H2/t23-;22-;17-;12-;2*10-/m000000/s1. The number of aromatic nitrogens is 11. The highest BCUT2D eigenvalue weighted by atomic mass is 32.1. The summed E-state index contributed by atoms with van der Waals surface area (Å²) < 4.78 is 44.8. The van der Waals surface area contributed by atoms with Crippen molar-refractivity contribution in [2.75, 3.05) is 99.0 Å². The van der Waals surface area contributed by atoms with Crippen LogP contribution in [0.15, 0.2) is 211 Å². The second kappa shape index (κ2) is 56.0. The number of ether oxygens (including phenoxy) is 6. The number of carboxylic acid groups (broad SMARTS) is 1. The average Bonchev–Trinajstić information content (AvgIpc) is 1.67. The summed E-state index contributed by atoms with van der Waals surface area (Å²) in [6.07, 6.45) is 49.3. The number of rotatable bonds is 45. The molecule has 6 aliphatic rings. The van der Waals surface area contributed by atoms with Crippen molar-refractivity contribution in [3.63, 3.8) is 0 Å². The van der Waals surface area contributed by atoms with Crippen molar-refractivity contribution < 1.29 is 62.7 Å². The zero-order valence-corrected chi connectivity index (χ0v) is 82.1. The number of hydrogen-bond donors (Lipinski definition) is 13. The van der Waals surface area contributed by atoms with Crippen molar-refractivity contribution >= 4 is 39.1 Å². The largest absolute Gasteiger partial charge is 0.490 e. The molecule has 0 radical (unpaired) electrons. The van der Waals surface area contributed by atoms with Crippen molar-refractivity contribution in [3.05, 3.63) is 280 Å². The van der Waals surface area contributed by atoms with E-state index in [1.807, 2.05) is 79.6 Å². The van der Waals surface area contributed by atoms with Gasteiger partial charge in [0.2, 0.25) is 0 Å². The van der Waals surface area contributed by atoms with Crippen LogP contribution in [0, 0.1) is 0 Å². The van der Waals surface area contributed by atoms with E-state index in [4.69, 9.17) is 69.4 Å². The number of hydrogen-bond acceptors (Lipinski definition) is 30. The normalized spacial score (nSPS) is 17.2. The summed E-state index contributed by atoms with van der Waals surface area (Å²) in [5, 5.41) is 62.5. The Hall–Kier alpha value is -12.2. The quantitative estimate of drug-likeness (QED) is 0.0169. The fourth-order valence-electron chi connectivity index (χ4n) is 17.4. The number of aliphatic hydroxyl groups excluding tert-OH is 3. The van der Waals surface area contributed by atoms with Crippen molar-refractivity contribution in [1.82, 2.24) is 86.7 Å². The van der Waals surface area contributed by atoms with Crippen molar-refractivity contribution in [2.45, 2.75) is 204 Å². The monoisotopic (exact) mass is 1950 g/mol. The average molecular weight is 1950 g/mol. The van der Waals surface area contributed by atoms with E-state index in [2.05, 4.69) is 161 Å². The first-order chi connectivity index (χ1) is 69.8. The highest BCUT2D eigenvalue weighted by Gasteiger charge is 2.25. The summed E-state index contributed by atoms with van der Waals surface area (Å²) in [4.78, 5) is 51.9. The Morgan fingerprint density at radius 2 is 0.937 bits per heavy atom. The summed E-state index contributed by atoms with van der Waals surface area (Å²) in [6, 6.07) is 39.6. The van der Waals surface area contributed by atoms with Gasteiger partial charge in [0.05, 0.1) is 76.5 Å². The van der Waals surface area contributed by atoms with E-state index in [-0.39, 0.29) is 26.2 Å². The molecule has 2 aromatic carbocycles. The zero-order valence-electron chi connectivity index (χ0n) is 81.3. The smallest absolute Gasteiger partial charge is 0.303 e. The topological polar surface area (TPSA) is 443 Å². The molecular formula is C109H137N19O13S. The molecule has 6 saturated heterocycles. The maximum absolute atomic E-state index is 10.6. The summed E-state index contributed by atoms with van der Waals surface area (Å²) in [6.45, 7) is 13.2. The molecule has 12 aromatic heterocycles. The molecule has 6 fully saturated rings. The highest BCUT2D eigenvalue weighted by molar-refractivity contribution is 7.15. The minimum Gasteiger partial charge on any atom is -0.490 e. The molecule has 33 heteroatoms. The van der Waals surface area contributed by atoms with Crippen LogP contribution in [-0.4, -0.2) is 222 Å². The van der Waals surface area contributed by atoms with Gasteiger partial charge >= 0.3 is 5.97 Å². The number of carbonyl (C=O) groups is 1. The molecule has 6 atom stereocenters. The summed E-state index contributed by atoms with van der Waals surface area (Å²) >= 11 is 1.61. The molecule has 0 unspecified atom stereocenters. The lowest BCUT2D eigenvalue weighted by atomic mass is 10.0. The molecule has 18 heterocycles. The van der Waals surface area contributed by atoms with E-state index in [1.165, 1.54) is 116 Å². The van der Waals surface area contributed by atoms with Gasteiger partial charge in [-0.2, -0.15) is 0 Å². The Kier molecular flexibility index (Phi) is 41.1. The summed E-state index contributed by atoms with van der Waals surface area (Å²) in [5.74, 6) is 3.27. The molecule has 0 spiro atoms. The number of nitrogens with two attached hydrogens (primary N) is 2. The van der Waals surface area contributed by atoms with Gasteiger partial charge in [-0.25, -0.2) is 0 Å². The minimum atomic E-state index is -0.767. The number of likely N-dealkylation sites (tertiary alicyclic amines) is 1. The van der Waals surface area contributed by atoms with Gasteiger partial charge in [0.15, 0.2) is 11.5 Å².